The highest BCUT2D eigenvalue weighted by atomic mass is 16.2. The summed E-state index contributed by atoms with van der Waals surface area (Å²) in [6, 6.07) is 0.637. The third-order valence-corrected chi connectivity index (χ3v) is 4.33. The summed E-state index contributed by atoms with van der Waals surface area (Å²) in [5, 5.41) is 3.12. The number of nitrogens with one attached hydrogen (secondary N) is 1. The second-order valence-corrected chi connectivity index (χ2v) is 6.04. The fraction of sp³-hybridized carbons (Fsp3) is 0.800. The highest BCUT2D eigenvalue weighted by Gasteiger charge is 2.25. The Morgan fingerprint density at radius 2 is 2.21 bits per heavy atom. The monoisotopic (exact) mass is 265 g/mol. The summed E-state index contributed by atoms with van der Waals surface area (Å²) in [6.07, 6.45) is 10.3. The van der Waals surface area contributed by atoms with Crippen molar-refractivity contribution in [2.45, 2.75) is 38.1 Å². The van der Waals surface area contributed by atoms with Crippen molar-refractivity contribution >= 4 is 6.03 Å². The molecule has 19 heavy (non-hydrogen) atoms. The second kappa shape index (κ2) is 6.94. The van der Waals surface area contributed by atoms with Crippen LogP contribution in [0.3, 0.4) is 0 Å². The van der Waals surface area contributed by atoms with Gasteiger partial charge in [-0.25, -0.2) is 4.79 Å². The van der Waals surface area contributed by atoms with Gasteiger partial charge in [0.2, 0.25) is 0 Å². The standard InChI is InChI=1S/C15H27N3O/c1-17(2)14-9-6-10-18(12-14)15(19)16-11-13-7-4-3-5-8-13/h3-4,13-14H,5-12H2,1-2H3,(H,16,19)/t13-,14+/m0/s1. The lowest BCUT2D eigenvalue weighted by Gasteiger charge is -2.36. The van der Waals surface area contributed by atoms with Crippen LogP contribution in [0.2, 0.25) is 0 Å². The first-order chi connectivity index (χ1) is 9.16. The molecule has 0 unspecified atom stereocenters. The molecule has 1 N–H and O–H groups in total. The number of amides is 2. The van der Waals surface area contributed by atoms with Crippen molar-refractivity contribution in [3.05, 3.63) is 12.2 Å². The van der Waals surface area contributed by atoms with Crippen molar-refractivity contribution in [1.82, 2.24) is 15.1 Å². The molecule has 2 aliphatic rings. The second-order valence-electron chi connectivity index (χ2n) is 6.04. The topological polar surface area (TPSA) is 35.6 Å². The molecule has 108 valence electrons. The van der Waals surface area contributed by atoms with E-state index in [2.05, 4.69) is 36.5 Å². The SMILES string of the molecule is CN(C)[C@@H]1CCCN(C(=O)NC[C@H]2CC=CCC2)C1. The van der Waals surface area contributed by atoms with Crippen molar-refractivity contribution in [2.75, 3.05) is 33.7 Å². The molecule has 2 rings (SSSR count). The van der Waals surface area contributed by atoms with E-state index in [4.69, 9.17) is 0 Å². The molecule has 0 radical (unpaired) electrons. The van der Waals surface area contributed by atoms with Crippen LogP contribution in [0.4, 0.5) is 4.79 Å². The van der Waals surface area contributed by atoms with Gasteiger partial charge in [0.1, 0.15) is 0 Å². The van der Waals surface area contributed by atoms with Gasteiger partial charge in [-0.3, -0.25) is 0 Å². The Morgan fingerprint density at radius 1 is 1.37 bits per heavy atom. The van der Waals surface area contributed by atoms with Crippen molar-refractivity contribution in [3.63, 3.8) is 0 Å². The van der Waals surface area contributed by atoms with Crippen LogP contribution in [0, 0.1) is 5.92 Å². The molecule has 1 saturated heterocycles. The number of urea groups is 1. The number of hydrogen-bond donors (Lipinski definition) is 1. The highest BCUT2D eigenvalue weighted by molar-refractivity contribution is 5.74. The average Bonchev–Trinajstić information content (AvgIpc) is 2.46. The average molecular weight is 265 g/mol. The van der Waals surface area contributed by atoms with E-state index in [1.165, 1.54) is 12.8 Å². The lowest BCUT2D eigenvalue weighted by atomic mass is 9.94. The van der Waals surface area contributed by atoms with Crippen molar-refractivity contribution < 1.29 is 4.79 Å². The molecule has 1 aliphatic heterocycles. The fourth-order valence-electron chi connectivity index (χ4n) is 2.95. The first-order valence-corrected chi connectivity index (χ1v) is 7.51. The largest absolute Gasteiger partial charge is 0.338 e. The Morgan fingerprint density at radius 3 is 2.89 bits per heavy atom. The van der Waals surface area contributed by atoms with Crippen molar-refractivity contribution in [3.8, 4) is 0 Å². The lowest BCUT2D eigenvalue weighted by molar-refractivity contribution is 0.139. The number of allylic oxidation sites excluding steroid dienone is 2. The van der Waals surface area contributed by atoms with Gasteiger partial charge in [0.25, 0.3) is 0 Å². The number of carbonyl (C=O) groups excluding carboxylic acids is 1. The summed E-state index contributed by atoms with van der Waals surface area (Å²) in [7, 11) is 4.20. The minimum atomic E-state index is 0.126. The van der Waals surface area contributed by atoms with E-state index in [1.807, 2.05) is 4.90 Å². The number of likely N-dealkylation sites (N-methyl/N-ethyl adjacent to an activating group) is 1. The summed E-state index contributed by atoms with van der Waals surface area (Å²) in [5.41, 5.74) is 0. The first kappa shape index (κ1) is 14.4. The van der Waals surface area contributed by atoms with Crippen LogP contribution in [0.25, 0.3) is 0 Å². The Bertz CT molecular complexity index is 327. The maximum atomic E-state index is 12.2. The molecule has 0 aromatic heterocycles. The van der Waals surface area contributed by atoms with Gasteiger partial charge in [0, 0.05) is 25.7 Å². The summed E-state index contributed by atoms with van der Waals surface area (Å²) >= 11 is 0. The van der Waals surface area contributed by atoms with Gasteiger partial charge >= 0.3 is 6.03 Å². The van der Waals surface area contributed by atoms with Crippen LogP contribution in [0.1, 0.15) is 32.1 Å². The molecule has 2 atom stereocenters. The number of likely N-dealkylation sites (tertiary alicyclic amines) is 1. The van der Waals surface area contributed by atoms with E-state index in [0.717, 1.165) is 38.9 Å². The zero-order valence-corrected chi connectivity index (χ0v) is 12.3. The van der Waals surface area contributed by atoms with Crippen molar-refractivity contribution in [2.24, 2.45) is 5.92 Å². The fourth-order valence-corrected chi connectivity index (χ4v) is 2.95. The molecular formula is C15H27N3O. The van der Waals surface area contributed by atoms with Gasteiger partial charge in [-0.1, -0.05) is 12.2 Å². The number of carbonyl (C=O) groups is 1. The molecule has 1 aliphatic carbocycles. The summed E-state index contributed by atoms with van der Waals surface area (Å²) < 4.78 is 0. The number of hydrogen-bond acceptors (Lipinski definition) is 2. The Hall–Kier alpha value is -1.03. The molecule has 4 nitrogen and oxygen atoms in total. The third-order valence-electron chi connectivity index (χ3n) is 4.33. The summed E-state index contributed by atoms with van der Waals surface area (Å²) in [4.78, 5) is 16.4. The van der Waals surface area contributed by atoms with E-state index in [1.54, 1.807) is 0 Å². The Labute approximate surface area is 116 Å². The van der Waals surface area contributed by atoms with Gasteiger partial charge in [-0.2, -0.15) is 0 Å². The van der Waals surface area contributed by atoms with E-state index >= 15 is 0 Å². The molecule has 0 spiro atoms. The quantitative estimate of drug-likeness (QED) is 0.793. The van der Waals surface area contributed by atoms with Crippen LogP contribution in [0.15, 0.2) is 12.2 Å². The minimum absolute atomic E-state index is 0.126. The van der Waals surface area contributed by atoms with Gasteiger partial charge < -0.3 is 15.1 Å². The molecular weight excluding hydrogens is 238 g/mol. The zero-order chi connectivity index (χ0) is 13.7. The van der Waals surface area contributed by atoms with Crippen LogP contribution in [-0.2, 0) is 0 Å². The van der Waals surface area contributed by atoms with Crippen LogP contribution < -0.4 is 5.32 Å². The van der Waals surface area contributed by atoms with Gasteiger partial charge in [-0.05, 0) is 52.1 Å². The predicted molar refractivity (Wildman–Crippen MR) is 78.2 cm³/mol. The molecule has 1 heterocycles. The molecule has 0 aromatic rings. The molecule has 0 saturated carbocycles. The number of piperidine rings is 1. The van der Waals surface area contributed by atoms with Gasteiger partial charge in [0.15, 0.2) is 0 Å². The lowest BCUT2D eigenvalue weighted by Crippen LogP contribution is -2.51. The Kier molecular flexibility index (Phi) is 5.25. The normalized spacial score (nSPS) is 27.6. The molecule has 0 aromatic carbocycles. The van der Waals surface area contributed by atoms with E-state index < -0.39 is 0 Å². The summed E-state index contributed by atoms with van der Waals surface area (Å²) in [6.45, 7) is 2.59. The van der Waals surface area contributed by atoms with Crippen LogP contribution >= 0.6 is 0 Å². The minimum Gasteiger partial charge on any atom is -0.338 e. The zero-order valence-electron chi connectivity index (χ0n) is 12.3. The highest BCUT2D eigenvalue weighted by Crippen LogP contribution is 2.17. The molecule has 4 heteroatoms. The predicted octanol–water partition coefficient (Wildman–Crippen LogP) is 2.08. The Balaban J connectivity index is 1.74. The smallest absolute Gasteiger partial charge is 0.317 e. The van der Waals surface area contributed by atoms with Crippen LogP contribution in [-0.4, -0.2) is 55.6 Å². The van der Waals surface area contributed by atoms with Gasteiger partial charge in [-0.15, -0.1) is 0 Å². The first-order valence-electron chi connectivity index (χ1n) is 7.51. The van der Waals surface area contributed by atoms with E-state index in [0.29, 0.717) is 12.0 Å². The summed E-state index contributed by atoms with van der Waals surface area (Å²) in [5.74, 6) is 0.628. The molecule has 2 amide bonds. The van der Waals surface area contributed by atoms with Crippen LogP contribution in [0.5, 0.6) is 0 Å². The van der Waals surface area contributed by atoms with Gasteiger partial charge in [0.05, 0.1) is 0 Å². The van der Waals surface area contributed by atoms with E-state index in [-0.39, 0.29) is 6.03 Å². The molecule has 0 bridgehead atoms. The maximum absolute atomic E-state index is 12.2. The van der Waals surface area contributed by atoms with Crippen molar-refractivity contribution in [1.29, 1.82) is 0 Å². The number of nitrogens with zero attached hydrogens (tertiary/aromatic N) is 2. The third kappa shape index (κ3) is 4.23. The maximum Gasteiger partial charge on any atom is 0.317 e. The van der Waals surface area contributed by atoms with E-state index in [9.17, 15) is 4.79 Å². The molecule has 1 fully saturated rings. The number of rotatable bonds is 3.